The molecule has 1 aliphatic carbocycles. The number of imidazole rings is 1. The molecule has 1 aromatic carbocycles. The summed E-state index contributed by atoms with van der Waals surface area (Å²) in [5.41, 5.74) is 7.50. The van der Waals surface area contributed by atoms with Gasteiger partial charge in [0, 0.05) is 6.54 Å². The molecule has 2 heterocycles. The molecule has 0 radical (unpaired) electrons. The van der Waals surface area contributed by atoms with Crippen LogP contribution in [0.15, 0.2) is 30.3 Å². The van der Waals surface area contributed by atoms with Crippen molar-refractivity contribution in [2.24, 2.45) is 5.92 Å². The van der Waals surface area contributed by atoms with Crippen molar-refractivity contribution >= 4 is 29.0 Å². The second-order valence-electron chi connectivity index (χ2n) is 7.01. The van der Waals surface area contributed by atoms with Crippen LogP contribution >= 0.6 is 0 Å². The number of rotatable bonds is 7. The highest BCUT2D eigenvalue weighted by atomic mass is 16.7. The van der Waals surface area contributed by atoms with Crippen LogP contribution in [0.25, 0.3) is 11.2 Å². The van der Waals surface area contributed by atoms with Crippen LogP contribution in [0.5, 0.6) is 6.01 Å². The Hall–Kier alpha value is -3.69. The molecule has 0 saturated heterocycles. The quantitative estimate of drug-likeness (QED) is 0.566. The van der Waals surface area contributed by atoms with Crippen LogP contribution in [0.4, 0.5) is 10.6 Å². The monoisotopic (exact) mass is 410 g/mol. The van der Waals surface area contributed by atoms with Gasteiger partial charge in [0.2, 0.25) is 5.82 Å². The number of nitrogens with two attached hydrogens (primary N) is 1. The van der Waals surface area contributed by atoms with E-state index in [1.54, 1.807) is 11.5 Å². The van der Waals surface area contributed by atoms with E-state index in [1.807, 2.05) is 30.3 Å². The van der Waals surface area contributed by atoms with Crippen LogP contribution in [-0.4, -0.2) is 44.7 Å². The van der Waals surface area contributed by atoms with Gasteiger partial charge >= 0.3 is 12.2 Å². The second-order valence-corrected chi connectivity index (χ2v) is 7.01. The minimum absolute atomic E-state index is 0.0251. The van der Waals surface area contributed by atoms with Crippen LogP contribution in [0.3, 0.4) is 0 Å². The first-order valence-corrected chi connectivity index (χ1v) is 9.75. The Bertz CT molecular complexity index is 1080. The number of amides is 1. The molecule has 156 valence electrons. The molecule has 0 atom stereocenters. The highest BCUT2D eigenvalue weighted by molar-refractivity contribution is 5.94. The first kappa shape index (κ1) is 19.6. The van der Waals surface area contributed by atoms with Gasteiger partial charge in [0.15, 0.2) is 17.0 Å². The highest BCUT2D eigenvalue weighted by Gasteiger charge is 2.25. The molecule has 0 bridgehead atoms. The van der Waals surface area contributed by atoms with E-state index in [9.17, 15) is 9.59 Å². The minimum Gasteiger partial charge on any atom is -0.434 e. The molecule has 10 nitrogen and oxygen atoms in total. The highest BCUT2D eigenvalue weighted by Crippen LogP contribution is 2.28. The number of carbonyl (C=O) groups excluding carboxylic acids is 2. The fourth-order valence-electron chi connectivity index (χ4n) is 2.95. The molecule has 1 saturated carbocycles. The molecule has 0 unspecified atom stereocenters. The van der Waals surface area contributed by atoms with Gasteiger partial charge in [-0.05, 0) is 31.2 Å². The Morgan fingerprint density at radius 1 is 1.20 bits per heavy atom. The molecule has 1 fully saturated rings. The topological polar surface area (TPSA) is 134 Å². The summed E-state index contributed by atoms with van der Waals surface area (Å²) in [6.07, 6.45) is 1.33. The van der Waals surface area contributed by atoms with Crippen molar-refractivity contribution in [2.75, 3.05) is 18.9 Å². The molecule has 0 aliphatic heterocycles. The molecule has 3 N–H and O–H groups in total. The Morgan fingerprint density at radius 2 is 1.97 bits per heavy atom. The van der Waals surface area contributed by atoms with Gasteiger partial charge in [0.25, 0.3) is 5.91 Å². The average Bonchev–Trinajstić information content (AvgIpc) is 3.51. The van der Waals surface area contributed by atoms with Crippen LogP contribution in [0.2, 0.25) is 0 Å². The lowest BCUT2D eigenvalue weighted by Crippen LogP contribution is -2.27. The molecular formula is C20H22N6O4. The summed E-state index contributed by atoms with van der Waals surface area (Å²) in [6, 6.07) is 9.46. The first-order valence-electron chi connectivity index (χ1n) is 9.75. The van der Waals surface area contributed by atoms with Crippen molar-refractivity contribution in [1.29, 1.82) is 0 Å². The van der Waals surface area contributed by atoms with Crippen molar-refractivity contribution < 1.29 is 19.1 Å². The van der Waals surface area contributed by atoms with E-state index in [-0.39, 0.29) is 29.8 Å². The smallest absolute Gasteiger partial charge is 0.434 e. The van der Waals surface area contributed by atoms with Crippen molar-refractivity contribution in [3.8, 4) is 6.01 Å². The summed E-state index contributed by atoms with van der Waals surface area (Å²) >= 11 is 0. The third kappa shape index (κ3) is 4.32. The third-order valence-corrected chi connectivity index (χ3v) is 4.66. The number of carbonyl (C=O) groups is 2. The maximum absolute atomic E-state index is 12.5. The predicted octanol–water partition coefficient (Wildman–Crippen LogP) is 2.13. The van der Waals surface area contributed by atoms with Crippen molar-refractivity contribution in [3.63, 3.8) is 0 Å². The number of anilines is 1. The lowest BCUT2D eigenvalue weighted by atomic mass is 10.2. The summed E-state index contributed by atoms with van der Waals surface area (Å²) in [4.78, 5) is 37.1. The zero-order valence-electron chi connectivity index (χ0n) is 16.5. The van der Waals surface area contributed by atoms with Crippen LogP contribution in [0, 0.1) is 5.92 Å². The molecule has 3 aromatic rings. The van der Waals surface area contributed by atoms with Gasteiger partial charge in [-0.1, -0.05) is 30.3 Å². The normalized spacial score (nSPS) is 13.2. The lowest BCUT2D eigenvalue weighted by Gasteiger charge is -2.09. The Morgan fingerprint density at radius 3 is 2.67 bits per heavy atom. The number of nitrogens with one attached hydrogen (secondary N) is 1. The third-order valence-electron chi connectivity index (χ3n) is 4.66. The van der Waals surface area contributed by atoms with Gasteiger partial charge in [-0.25, -0.2) is 14.8 Å². The van der Waals surface area contributed by atoms with E-state index in [0.717, 1.165) is 18.4 Å². The largest absolute Gasteiger partial charge is 0.516 e. The molecule has 4 rings (SSSR count). The number of nitrogen functional groups attached to an aromatic ring is 1. The molecule has 1 amide bonds. The van der Waals surface area contributed by atoms with Crippen LogP contribution in [-0.2, 0) is 11.3 Å². The summed E-state index contributed by atoms with van der Waals surface area (Å²) in [6.45, 7) is 2.71. The van der Waals surface area contributed by atoms with Crippen molar-refractivity contribution in [3.05, 3.63) is 41.7 Å². The number of nitrogens with zero attached hydrogens (tertiary/aromatic N) is 4. The maximum Gasteiger partial charge on any atom is 0.516 e. The van der Waals surface area contributed by atoms with Crippen LogP contribution < -0.4 is 15.8 Å². The summed E-state index contributed by atoms with van der Waals surface area (Å²) < 4.78 is 11.7. The standard InChI is InChI=1S/C20H22N6O4/c1-2-29-20(28)30-19-23-14-15(21)24-16(18(27)22-10-12-8-9-12)25-17(14)26(19)11-13-6-4-3-5-7-13/h3-7,12H,2,8-11H2,1H3,(H,22,27)(H2,21,24,25). The second kappa shape index (κ2) is 8.36. The number of hydrogen-bond acceptors (Lipinski definition) is 8. The molecule has 10 heteroatoms. The van der Waals surface area contributed by atoms with E-state index in [2.05, 4.69) is 20.3 Å². The van der Waals surface area contributed by atoms with E-state index >= 15 is 0 Å². The van der Waals surface area contributed by atoms with Crippen LogP contribution in [0.1, 0.15) is 35.9 Å². The molecule has 2 aromatic heterocycles. The fraction of sp³-hybridized carbons (Fsp3) is 0.350. The summed E-state index contributed by atoms with van der Waals surface area (Å²) in [5, 5.41) is 2.82. The van der Waals surface area contributed by atoms with Gasteiger partial charge in [0.05, 0.1) is 13.2 Å². The number of benzene rings is 1. The zero-order valence-corrected chi connectivity index (χ0v) is 16.5. The first-order chi connectivity index (χ1) is 14.5. The summed E-state index contributed by atoms with van der Waals surface area (Å²) in [7, 11) is 0. The number of hydrogen-bond donors (Lipinski definition) is 2. The number of fused-ring (bicyclic) bond motifs is 1. The maximum atomic E-state index is 12.5. The zero-order chi connectivity index (χ0) is 21.1. The predicted molar refractivity (Wildman–Crippen MR) is 108 cm³/mol. The fourth-order valence-corrected chi connectivity index (χ4v) is 2.95. The van der Waals surface area contributed by atoms with Gasteiger partial charge in [-0.15, -0.1) is 0 Å². The Kier molecular flexibility index (Phi) is 5.46. The average molecular weight is 410 g/mol. The van der Waals surface area contributed by atoms with E-state index in [0.29, 0.717) is 24.7 Å². The lowest BCUT2D eigenvalue weighted by molar-refractivity contribution is 0.0939. The SMILES string of the molecule is CCOC(=O)Oc1nc2c(N)nc(C(=O)NCC3CC3)nc2n1Cc1ccccc1. The van der Waals surface area contributed by atoms with E-state index in [4.69, 9.17) is 15.2 Å². The molecule has 0 spiro atoms. The van der Waals surface area contributed by atoms with E-state index in [1.165, 1.54) is 0 Å². The number of ether oxygens (including phenoxy) is 2. The molecular weight excluding hydrogens is 388 g/mol. The van der Waals surface area contributed by atoms with Gasteiger partial charge in [0.1, 0.15) is 0 Å². The Balaban J connectivity index is 1.73. The van der Waals surface area contributed by atoms with Gasteiger partial charge in [-0.3, -0.25) is 9.36 Å². The molecule has 1 aliphatic rings. The van der Waals surface area contributed by atoms with Gasteiger partial charge in [-0.2, -0.15) is 4.98 Å². The van der Waals surface area contributed by atoms with Gasteiger partial charge < -0.3 is 20.5 Å². The number of aromatic nitrogens is 4. The minimum atomic E-state index is -0.893. The summed E-state index contributed by atoms with van der Waals surface area (Å²) in [5.74, 6) is 0.0775. The van der Waals surface area contributed by atoms with E-state index < -0.39 is 12.1 Å². The van der Waals surface area contributed by atoms with Crippen molar-refractivity contribution in [1.82, 2.24) is 24.8 Å². The molecule has 30 heavy (non-hydrogen) atoms. The Labute approximate surface area is 172 Å². The van der Waals surface area contributed by atoms with Crippen molar-refractivity contribution in [2.45, 2.75) is 26.3 Å².